The molecule has 0 radical (unpaired) electrons. The van der Waals surface area contributed by atoms with Crippen molar-refractivity contribution in [3.63, 3.8) is 0 Å². The molecule has 3 rings (SSSR count). The fourth-order valence-electron chi connectivity index (χ4n) is 3.40. The highest BCUT2D eigenvalue weighted by molar-refractivity contribution is 5.93. The first-order valence-electron chi connectivity index (χ1n) is 7.87. The maximum Gasteiger partial charge on any atom is 0.119 e. The van der Waals surface area contributed by atoms with Gasteiger partial charge in [0.25, 0.3) is 0 Å². The Kier molecular flexibility index (Phi) is 4.00. The lowest BCUT2D eigenvalue weighted by atomic mass is 9.94. The largest absolute Gasteiger partial charge is 0.497 e. The number of nitrogens with zero attached hydrogens (tertiary/aromatic N) is 2. The van der Waals surface area contributed by atoms with Crippen LogP contribution >= 0.6 is 0 Å². The monoisotopic (exact) mass is 284 g/mol. The number of ether oxygens (including phenoxy) is 1. The molecule has 1 saturated carbocycles. The van der Waals surface area contributed by atoms with E-state index in [4.69, 9.17) is 4.74 Å². The van der Waals surface area contributed by atoms with E-state index in [-0.39, 0.29) is 0 Å². The molecule has 1 heterocycles. The fraction of sp³-hybridized carbons (Fsp3) is 0.500. The molecule has 21 heavy (non-hydrogen) atoms. The summed E-state index contributed by atoms with van der Waals surface area (Å²) in [5, 5.41) is 1.19. The number of aromatic nitrogens is 1. The number of hydrogen-bond acceptors (Lipinski definition) is 3. The average Bonchev–Trinajstić information content (AvgIpc) is 2.53. The highest BCUT2D eigenvalue weighted by atomic mass is 16.5. The number of rotatable bonds is 3. The van der Waals surface area contributed by atoms with Crippen molar-refractivity contribution >= 4 is 16.6 Å². The topological polar surface area (TPSA) is 25.4 Å². The van der Waals surface area contributed by atoms with Gasteiger partial charge in [0.15, 0.2) is 0 Å². The highest BCUT2D eigenvalue weighted by Gasteiger charge is 2.20. The molecule has 0 atom stereocenters. The number of fused-ring (bicyclic) bond motifs is 1. The molecule has 0 saturated heterocycles. The fourth-order valence-corrected chi connectivity index (χ4v) is 3.40. The van der Waals surface area contributed by atoms with E-state index in [0.717, 1.165) is 17.0 Å². The number of hydrogen-bond donors (Lipinski definition) is 0. The van der Waals surface area contributed by atoms with Crippen LogP contribution in [0.3, 0.4) is 0 Å². The molecule has 0 bridgehead atoms. The molecule has 1 aliphatic carbocycles. The van der Waals surface area contributed by atoms with E-state index in [0.29, 0.717) is 6.04 Å². The van der Waals surface area contributed by atoms with Crippen molar-refractivity contribution in [2.75, 3.05) is 19.1 Å². The standard InChI is InChI=1S/C18H24N2O/c1-13-11-18(20(2)14-7-5-4-6-8-14)16-12-15(21-3)9-10-17(16)19-13/h9-12,14H,4-8H2,1-3H3. The quantitative estimate of drug-likeness (QED) is 0.839. The highest BCUT2D eigenvalue weighted by Crippen LogP contribution is 2.33. The zero-order valence-corrected chi connectivity index (χ0v) is 13.2. The van der Waals surface area contributed by atoms with Crippen LogP contribution in [0.15, 0.2) is 24.3 Å². The Balaban J connectivity index is 2.06. The predicted molar refractivity (Wildman–Crippen MR) is 88.3 cm³/mol. The molecule has 0 N–H and O–H groups in total. The van der Waals surface area contributed by atoms with Gasteiger partial charge in [-0.3, -0.25) is 4.98 Å². The minimum absolute atomic E-state index is 0.648. The molecular weight excluding hydrogens is 260 g/mol. The summed E-state index contributed by atoms with van der Waals surface area (Å²) in [7, 11) is 3.94. The Morgan fingerprint density at radius 2 is 1.90 bits per heavy atom. The van der Waals surface area contributed by atoms with Crippen LogP contribution in [0.2, 0.25) is 0 Å². The van der Waals surface area contributed by atoms with Gasteiger partial charge in [-0.25, -0.2) is 0 Å². The van der Waals surface area contributed by atoms with Crippen molar-refractivity contribution in [2.45, 2.75) is 45.1 Å². The zero-order valence-electron chi connectivity index (χ0n) is 13.2. The third-order valence-electron chi connectivity index (χ3n) is 4.62. The lowest BCUT2D eigenvalue weighted by Gasteiger charge is -2.33. The van der Waals surface area contributed by atoms with E-state index in [1.54, 1.807) is 7.11 Å². The second-order valence-corrected chi connectivity index (χ2v) is 6.07. The Hall–Kier alpha value is -1.77. The lowest BCUT2D eigenvalue weighted by molar-refractivity contribution is 0.415. The Morgan fingerprint density at radius 1 is 1.14 bits per heavy atom. The first-order chi connectivity index (χ1) is 10.2. The van der Waals surface area contributed by atoms with E-state index in [1.165, 1.54) is 43.2 Å². The zero-order chi connectivity index (χ0) is 14.8. The maximum absolute atomic E-state index is 5.39. The molecule has 0 aliphatic heterocycles. The minimum atomic E-state index is 0.648. The van der Waals surface area contributed by atoms with E-state index in [9.17, 15) is 0 Å². The summed E-state index contributed by atoms with van der Waals surface area (Å²) in [6.07, 6.45) is 6.67. The molecule has 2 aromatic rings. The van der Waals surface area contributed by atoms with Gasteiger partial charge in [-0.2, -0.15) is 0 Å². The smallest absolute Gasteiger partial charge is 0.119 e. The third-order valence-corrected chi connectivity index (χ3v) is 4.62. The summed E-state index contributed by atoms with van der Waals surface area (Å²) in [6, 6.07) is 9.00. The summed E-state index contributed by atoms with van der Waals surface area (Å²) < 4.78 is 5.39. The molecule has 0 amide bonds. The van der Waals surface area contributed by atoms with Gasteiger partial charge in [-0.1, -0.05) is 19.3 Å². The van der Waals surface area contributed by atoms with Crippen LogP contribution < -0.4 is 9.64 Å². The Bertz CT molecular complexity index is 632. The second-order valence-electron chi connectivity index (χ2n) is 6.07. The Labute approximate surface area is 126 Å². The molecule has 0 unspecified atom stereocenters. The predicted octanol–water partition coefficient (Wildman–Crippen LogP) is 4.32. The van der Waals surface area contributed by atoms with Gasteiger partial charge in [0.05, 0.1) is 12.6 Å². The molecule has 0 spiro atoms. The van der Waals surface area contributed by atoms with Crippen LogP contribution in [0.1, 0.15) is 37.8 Å². The van der Waals surface area contributed by atoms with E-state index >= 15 is 0 Å². The van der Waals surface area contributed by atoms with Crippen LogP contribution in [0.25, 0.3) is 10.9 Å². The van der Waals surface area contributed by atoms with Gasteiger partial charge in [-0.05, 0) is 44.0 Å². The number of benzene rings is 1. The SMILES string of the molecule is COc1ccc2nc(C)cc(N(C)C3CCCCC3)c2c1. The molecule has 1 fully saturated rings. The van der Waals surface area contributed by atoms with Crippen LogP contribution in [-0.4, -0.2) is 25.2 Å². The summed E-state index contributed by atoms with van der Waals surface area (Å²) in [4.78, 5) is 7.11. The van der Waals surface area contributed by atoms with Crippen molar-refractivity contribution in [3.05, 3.63) is 30.0 Å². The second kappa shape index (κ2) is 5.92. The van der Waals surface area contributed by atoms with Crippen molar-refractivity contribution < 1.29 is 4.74 Å². The molecule has 3 heteroatoms. The molecule has 3 nitrogen and oxygen atoms in total. The maximum atomic E-state index is 5.39. The Morgan fingerprint density at radius 3 is 2.62 bits per heavy atom. The van der Waals surface area contributed by atoms with Crippen molar-refractivity contribution in [3.8, 4) is 5.75 Å². The number of methoxy groups -OCH3 is 1. The molecule has 1 aliphatic rings. The minimum Gasteiger partial charge on any atom is -0.497 e. The van der Waals surface area contributed by atoms with Gasteiger partial charge < -0.3 is 9.64 Å². The van der Waals surface area contributed by atoms with E-state index in [2.05, 4.69) is 42.1 Å². The van der Waals surface area contributed by atoms with E-state index in [1.807, 2.05) is 6.07 Å². The van der Waals surface area contributed by atoms with Crippen LogP contribution in [0.4, 0.5) is 5.69 Å². The molecular formula is C18H24N2O. The van der Waals surface area contributed by atoms with Gasteiger partial charge in [0.1, 0.15) is 5.75 Å². The van der Waals surface area contributed by atoms with Gasteiger partial charge in [-0.15, -0.1) is 0 Å². The summed E-state index contributed by atoms with van der Waals surface area (Å²) in [6.45, 7) is 2.07. The number of anilines is 1. The molecule has 1 aromatic heterocycles. The van der Waals surface area contributed by atoms with Crippen molar-refractivity contribution in [1.29, 1.82) is 0 Å². The number of aryl methyl sites for hydroxylation is 1. The van der Waals surface area contributed by atoms with Crippen LogP contribution in [0, 0.1) is 6.92 Å². The number of pyridine rings is 1. The molecule has 112 valence electrons. The van der Waals surface area contributed by atoms with Crippen LogP contribution in [-0.2, 0) is 0 Å². The van der Waals surface area contributed by atoms with Gasteiger partial charge in [0, 0.05) is 29.9 Å². The van der Waals surface area contributed by atoms with E-state index < -0.39 is 0 Å². The molecule has 1 aromatic carbocycles. The summed E-state index contributed by atoms with van der Waals surface area (Å²) >= 11 is 0. The first-order valence-corrected chi connectivity index (χ1v) is 7.87. The first kappa shape index (κ1) is 14.2. The van der Waals surface area contributed by atoms with Gasteiger partial charge in [0.2, 0.25) is 0 Å². The summed E-state index contributed by atoms with van der Waals surface area (Å²) in [5.41, 5.74) is 3.40. The average molecular weight is 284 g/mol. The van der Waals surface area contributed by atoms with Gasteiger partial charge >= 0.3 is 0 Å². The third kappa shape index (κ3) is 2.82. The normalized spacial score (nSPS) is 16.1. The van der Waals surface area contributed by atoms with Crippen LogP contribution in [0.5, 0.6) is 5.75 Å². The lowest BCUT2D eigenvalue weighted by Crippen LogP contribution is -2.33. The van der Waals surface area contributed by atoms with Crippen molar-refractivity contribution in [1.82, 2.24) is 4.98 Å². The summed E-state index contributed by atoms with van der Waals surface area (Å²) in [5.74, 6) is 0.895. The van der Waals surface area contributed by atoms with Crippen molar-refractivity contribution in [2.24, 2.45) is 0 Å².